The summed E-state index contributed by atoms with van der Waals surface area (Å²) in [5, 5.41) is 1.38. The normalized spacial score (nSPS) is 10.3. The van der Waals surface area contributed by atoms with Crippen LogP contribution in [0.5, 0.6) is 5.75 Å². The zero-order valence-corrected chi connectivity index (χ0v) is 11.0. The fraction of sp³-hybridized carbons (Fsp3) is 0.455. The van der Waals surface area contributed by atoms with Gasteiger partial charge in [-0.1, -0.05) is 39.7 Å². The van der Waals surface area contributed by atoms with Gasteiger partial charge in [-0.05, 0) is 13.0 Å². The second-order valence-electron chi connectivity index (χ2n) is 2.91. The molecule has 1 rings (SSSR count). The van der Waals surface area contributed by atoms with Crippen molar-refractivity contribution >= 4 is 27.5 Å². The minimum absolute atomic E-state index is 0.525. The molecule has 0 spiro atoms. The zero-order chi connectivity index (χ0) is 11.1. The van der Waals surface area contributed by atoms with E-state index in [9.17, 15) is 0 Å². The molecule has 0 atom stereocenters. The molecule has 15 heavy (non-hydrogen) atoms. The van der Waals surface area contributed by atoms with E-state index in [0.29, 0.717) is 24.8 Å². The molecule has 0 amide bonds. The molecule has 0 saturated carbocycles. The number of ether oxygens (including phenoxy) is 2. The predicted molar refractivity (Wildman–Crippen MR) is 66.1 cm³/mol. The predicted octanol–water partition coefficient (Wildman–Crippen LogP) is 3.65. The van der Waals surface area contributed by atoms with E-state index in [-0.39, 0.29) is 0 Å². The molecule has 0 aliphatic heterocycles. The first kappa shape index (κ1) is 12.8. The average molecular weight is 294 g/mol. The van der Waals surface area contributed by atoms with Crippen LogP contribution in [-0.2, 0) is 10.1 Å². The van der Waals surface area contributed by atoms with Gasteiger partial charge in [-0.2, -0.15) is 0 Å². The van der Waals surface area contributed by atoms with E-state index in [0.717, 1.165) is 16.6 Å². The molecule has 1 aromatic carbocycles. The van der Waals surface area contributed by atoms with E-state index in [1.54, 1.807) is 0 Å². The second kappa shape index (κ2) is 7.09. The maximum Gasteiger partial charge on any atom is 0.142 e. The fourth-order valence-corrected chi connectivity index (χ4v) is 1.86. The lowest BCUT2D eigenvalue weighted by atomic mass is 10.2. The van der Waals surface area contributed by atoms with Crippen LogP contribution in [0, 0.1) is 0 Å². The lowest BCUT2D eigenvalue weighted by molar-refractivity contribution is 0.110. The van der Waals surface area contributed by atoms with E-state index in [4.69, 9.17) is 21.1 Å². The van der Waals surface area contributed by atoms with Crippen LogP contribution >= 0.6 is 27.5 Å². The summed E-state index contributed by atoms with van der Waals surface area (Å²) in [6.07, 6.45) is 0. The molecule has 0 fully saturated rings. The Morgan fingerprint density at radius 2 is 2.13 bits per heavy atom. The largest absolute Gasteiger partial charge is 0.489 e. The van der Waals surface area contributed by atoms with E-state index in [1.165, 1.54) is 0 Å². The van der Waals surface area contributed by atoms with Crippen molar-refractivity contribution in [2.75, 3.05) is 19.8 Å². The van der Waals surface area contributed by atoms with E-state index in [1.807, 2.05) is 25.1 Å². The molecular weight excluding hydrogens is 279 g/mol. The summed E-state index contributed by atoms with van der Waals surface area (Å²) in [6, 6.07) is 5.72. The summed E-state index contributed by atoms with van der Waals surface area (Å²) in [4.78, 5) is 0. The Morgan fingerprint density at radius 1 is 1.33 bits per heavy atom. The number of hydrogen-bond acceptors (Lipinski definition) is 2. The van der Waals surface area contributed by atoms with Gasteiger partial charge in [0.05, 0.1) is 11.6 Å². The van der Waals surface area contributed by atoms with Crippen LogP contribution in [0.25, 0.3) is 0 Å². The van der Waals surface area contributed by atoms with Crippen molar-refractivity contribution in [1.82, 2.24) is 0 Å². The molecule has 0 aliphatic rings. The number of halogens is 2. The van der Waals surface area contributed by atoms with Crippen LogP contribution in [-0.4, -0.2) is 19.8 Å². The molecule has 0 bridgehead atoms. The second-order valence-corrected chi connectivity index (χ2v) is 3.88. The van der Waals surface area contributed by atoms with Gasteiger partial charge in [0.1, 0.15) is 12.4 Å². The topological polar surface area (TPSA) is 18.5 Å². The van der Waals surface area contributed by atoms with Crippen LogP contribution < -0.4 is 4.74 Å². The maximum atomic E-state index is 6.03. The number of para-hydroxylation sites is 1. The molecule has 0 radical (unpaired) electrons. The van der Waals surface area contributed by atoms with Gasteiger partial charge in [0.15, 0.2) is 0 Å². The molecule has 0 unspecified atom stereocenters. The van der Waals surface area contributed by atoms with Gasteiger partial charge in [0.2, 0.25) is 0 Å². The summed E-state index contributed by atoms with van der Waals surface area (Å²) in [5.74, 6) is 0.746. The van der Waals surface area contributed by atoms with Gasteiger partial charge >= 0.3 is 0 Å². The van der Waals surface area contributed by atoms with Crippen molar-refractivity contribution in [2.45, 2.75) is 12.3 Å². The molecule has 0 N–H and O–H groups in total. The van der Waals surface area contributed by atoms with Gasteiger partial charge in [-0.3, -0.25) is 0 Å². The molecule has 2 nitrogen and oxygen atoms in total. The Bertz CT molecular complexity index is 305. The molecule has 0 saturated heterocycles. The third-order valence-electron chi connectivity index (χ3n) is 1.87. The maximum absolute atomic E-state index is 6.03. The van der Waals surface area contributed by atoms with Crippen LogP contribution in [0.1, 0.15) is 12.5 Å². The van der Waals surface area contributed by atoms with Gasteiger partial charge in [0, 0.05) is 17.5 Å². The van der Waals surface area contributed by atoms with Crippen LogP contribution in [0.15, 0.2) is 18.2 Å². The SMILES string of the molecule is CCOCCOc1c(Cl)cccc1CBr. The molecule has 1 aromatic rings. The molecule has 4 heteroatoms. The summed E-state index contributed by atoms with van der Waals surface area (Å²) in [5.41, 5.74) is 1.05. The van der Waals surface area contributed by atoms with Crippen molar-refractivity contribution in [3.8, 4) is 5.75 Å². The van der Waals surface area contributed by atoms with E-state index >= 15 is 0 Å². The third kappa shape index (κ3) is 4.01. The lowest BCUT2D eigenvalue weighted by Crippen LogP contribution is -2.07. The Labute approximate surface area is 104 Å². The summed E-state index contributed by atoms with van der Waals surface area (Å²) < 4.78 is 10.8. The quantitative estimate of drug-likeness (QED) is 0.589. The highest BCUT2D eigenvalue weighted by molar-refractivity contribution is 9.08. The molecule has 0 aromatic heterocycles. The first-order valence-corrected chi connectivity index (χ1v) is 6.33. The van der Waals surface area contributed by atoms with Gasteiger partial charge in [-0.15, -0.1) is 0 Å². The van der Waals surface area contributed by atoms with Crippen LogP contribution in [0.2, 0.25) is 5.02 Å². The van der Waals surface area contributed by atoms with E-state index in [2.05, 4.69) is 15.9 Å². The highest BCUT2D eigenvalue weighted by atomic mass is 79.9. The van der Waals surface area contributed by atoms with Gasteiger partial charge in [0.25, 0.3) is 0 Å². The van der Waals surface area contributed by atoms with Crippen LogP contribution in [0.4, 0.5) is 0 Å². The fourth-order valence-electron chi connectivity index (χ4n) is 1.17. The Kier molecular flexibility index (Phi) is 6.06. The third-order valence-corrected chi connectivity index (χ3v) is 2.77. The smallest absolute Gasteiger partial charge is 0.142 e. The van der Waals surface area contributed by atoms with Gasteiger partial charge in [-0.25, -0.2) is 0 Å². The number of hydrogen-bond donors (Lipinski definition) is 0. The molecule has 0 aliphatic carbocycles. The Balaban J connectivity index is 2.58. The Hall–Kier alpha value is -0.250. The summed E-state index contributed by atoms with van der Waals surface area (Å²) >= 11 is 9.43. The first-order chi connectivity index (χ1) is 7.29. The number of benzene rings is 1. The van der Waals surface area contributed by atoms with Gasteiger partial charge < -0.3 is 9.47 Å². The van der Waals surface area contributed by atoms with Crippen molar-refractivity contribution in [2.24, 2.45) is 0 Å². The summed E-state index contributed by atoms with van der Waals surface area (Å²) in [6.45, 7) is 3.78. The Morgan fingerprint density at radius 3 is 2.80 bits per heavy atom. The average Bonchev–Trinajstić information content (AvgIpc) is 2.26. The zero-order valence-electron chi connectivity index (χ0n) is 8.63. The minimum atomic E-state index is 0.525. The van der Waals surface area contributed by atoms with Crippen molar-refractivity contribution < 1.29 is 9.47 Å². The van der Waals surface area contributed by atoms with Crippen molar-refractivity contribution in [1.29, 1.82) is 0 Å². The number of alkyl halides is 1. The van der Waals surface area contributed by atoms with Crippen LogP contribution in [0.3, 0.4) is 0 Å². The molecule has 0 heterocycles. The lowest BCUT2D eigenvalue weighted by Gasteiger charge is -2.11. The molecular formula is C11H14BrClO2. The summed E-state index contributed by atoms with van der Waals surface area (Å²) in [7, 11) is 0. The monoisotopic (exact) mass is 292 g/mol. The van der Waals surface area contributed by atoms with Crippen molar-refractivity contribution in [3.05, 3.63) is 28.8 Å². The standard InChI is InChI=1S/C11H14BrClO2/c1-2-14-6-7-15-11-9(8-12)4-3-5-10(11)13/h3-5H,2,6-8H2,1H3. The first-order valence-electron chi connectivity index (χ1n) is 4.83. The highest BCUT2D eigenvalue weighted by Gasteiger charge is 2.06. The minimum Gasteiger partial charge on any atom is -0.489 e. The number of rotatable bonds is 6. The van der Waals surface area contributed by atoms with E-state index < -0.39 is 0 Å². The highest BCUT2D eigenvalue weighted by Crippen LogP contribution is 2.29. The van der Waals surface area contributed by atoms with Crippen molar-refractivity contribution in [3.63, 3.8) is 0 Å². The molecule has 84 valence electrons.